The first-order chi connectivity index (χ1) is 21.2. The Balaban J connectivity index is 1.33. The van der Waals surface area contributed by atoms with Gasteiger partial charge in [0.25, 0.3) is 0 Å². The first-order valence-corrected chi connectivity index (χ1v) is 14.1. The molecule has 264 valence electrons. The Morgan fingerprint density at radius 1 is 0.333 bits per heavy atom. The highest BCUT2D eigenvalue weighted by atomic mass is 16.7. The minimum atomic E-state index is -1.88. The van der Waals surface area contributed by atoms with Crippen molar-refractivity contribution in [3.8, 4) is 0 Å². The van der Waals surface area contributed by atoms with Crippen LogP contribution < -0.4 is 0 Å². The van der Waals surface area contributed by atoms with Gasteiger partial charge in [-0.05, 0) is 0 Å². The molecule has 0 radical (unpaired) electrons. The first kappa shape index (κ1) is 37.0. The van der Waals surface area contributed by atoms with Crippen molar-refractivity contribution in [2.45, 2.75) is 123 Å². The van der Waals surface area contributed by atoms with Crippen LogP contribution in [-0.4, -0.2) is 221 Å². The fourth-order valence-electron chi connectivity index (χ4n) is 5.23. The average Bonchev–Trinajstić information content (AvgIpc) is 3.02. The maximum atomic E-state index is 10.4. The second kappa shape index (κ2) is 15.6. The Bertz CT molecular complexity index is 916. The summed E-state index contributed by atoms with van der Waals surface area (Å²) in [7, 11) is 0. The van der Waals surface area contributed by atoms with Crippen molar-refractivity contribution >= 4 is 0 Å². The molecule has 4 fully saturated rings. The van der Waals surface area contributed by atoms with Crippen molar-refractivity contribution in [3.05, 3.63) is 0 Å². The van der Waals surface area contributed by atoms with Crippen molar-refractivity contribution in [1.82, 2.24) is 0 Å². The van der Waals surface area contributed by atoms with E-state index >= 15 is 0 Å². The first-order valence-electron chi connectivity index (χ1n) is 14.1. The van der Waals surface area contributed by atoms with Gasteiger partial charge in [-0.15, -0.1) is 0 Å². The Morgan fingerprint density at radius 3 is 0.978 bits per heavy atom. The minimum Gasteiger partial charge on any atom is -0.394 e. The number of ether oxygens (including phenoxy) is 7. The molecule has 1 unspecified atom stereocenters. The molecule has 4 aliphatic heterocycles. The fourth-order valence-corrected chi connectivity index (χ4v) is 5.23. The minimum absolute atomic E-state index is 0.633. The molecule has 0 amide bonds. The highest BCUT2D eigenvalue weighted by molar-refractivity contribution is 4.94. The summed E-state index contributed by atoms with van der Waals surface area (Å²) in [6, 6.07) is 0. The van der Waals surface area contributed by atoms with E-state index in [0.29, 0.717) is 0 Å². The fraction of sp³-hybridized carbons (Fsp3) is 1.00. The quantitative estimate of drug-likeness (QED) is 0.103. The van der Waals surface area contributed by atoms with Crippen molar-refractivity contribution in [1.29, 1.82) is 0 Å². The molecule has 4 rings (SSSR count). The molecule has 14 N–H and O–H groups in total. The maximum Gasteiger partial charge on any atom is 0.186 e. The number of aliphatic hydroxyl groups is 14. The van der Waals surface area contributed by atoms with E-state index in [9.17, 15) is 71.5 Å². The number of hydrogen-bond donors (Lipinski definition) is 14. The van der Waals surface area contributed by atoms with E-state index in [0.717, 1.165) is 0 Å². The molecule has 0 aliphatic carbocycles. The highest BCUT2D eigenvalue weighted by Crippen LogP contribution is 2.29. The Kier molecular flexibility index (Phi) is 12.8. The number of aliphatic hydroxyl groups excluding tert-OH is 14. The average molecular weight is 667 g/mol. The molecule has 0 aromatic rings. The third kappa shape index (κ3) is 7.91. The summed E-state index contributed by atoms with van der Waals surface area (Å²) in [5.41, 5.74) is 0. The van der Waals surface area contributed by atoms with Crippen LogP contribution in [0.2, 0.25) is 0 Å². The zero-order valence-corrected chi connectivity index (χ0v) is 23.5. The molecule has 0 spiro atoms. The van der Waals surface area contributed by atoms with Gasteiger partial charge in [-0.2, -0.15) is 0 Å². The monoisotopic (exact) mass is 666 g/mol. The SMILES string of the molecule is OC[C@H]1O[C@H](OC[C@H]2O[C@H](OC[C@H]3O[C@H](OC[C@H]4OC(O)[C@H](O)[C@@H](O)[C@H]4O)[C@H](O)[C@@H](O)[C@H]3O)[C@H](O)[C@@H](O)[C@H]2O)[C@H](O)[C@@H](O)[C@H]1O. The topological polar surface area (TPSA) is 348 Å². The van der Waals surface area contributed by atoms with Crippen LogP contribution in [-0.2, 0) is 33.2 Å². The second-order valence-electron chi connectivity index (χ2n) is 11.3. The molecule has 4 aliphatic rings. The van der Waals surface area contributed by atoms with Gasteiger partial charge in [-0.3, -0.25) is 0 Å². The Labute approximate surface area is 254 Å². The zero-order chi connectivity index (χ0) is 33.3. The van der Waals surface area contributed by atoms with Crippen molar-refractivity contribution in [2.24, 2.45) is 0 Å². The van der Waals surface area contributed by atoms with Gasteiger partial charge in [0.05, 0.1) is 26.4 Å². The molecule has 4 heterocycles. The highest BCUT2D eigenvalue weighted by Gasteiger charge is 2.50. The van der Waals surface area contributed by atoms with Gasteiger partial charge in [0.2, 0.25) is 0 Å². The van der Waals surface area contributed by atoms with E-state index in [2.05, 4.69) is 0 Å². The largest absolute Gasteiger partial charge is 0.394 e. The molecule has 0 bridgehead atoms. The van der Waals surface area contributed by atoms with Crippen LogP contribution in [0.5, 0.6) is 0 Å². The summed E-state index contributed by atoms with van der Waals surface area (Å²) in [5.74, 6) is 0. The molecule has 4 saturated heterocycles. The third-order valence-corrected chi connectivity index (χ3v) is 8.15. The van der Waals surface area contributed by atoms with Crippen LogP contribution in [0.15, 0.2) is 0 Å². The summed E-state index contributed by atoms with van der Waals surface area (Å²) >= 11 is 0. The van der Waals surface area contributed by atoms with E-state index in [1.807, 2.05) is 0 Å². The van der Waals surface area contributed by atoms with Gasteiger partial charge in [-0.25, -0.2) is 0 Å². The van der Waals surface area contributed by atoms with E-state index in [1.54, 1.807) is 0 Å². The molecular formula is C24H42O21. The van der Waals surface area contributed by atoms with Crippen molar-refractivity contribution in [2.75, 3.05) is 26.4 Å². The molecule has 20 atom stereocenters. The van der Waals surface area contributed by atoms with Crippen LogP contribution >= 0.6 is 0 Å². The lowest BCUT2D eigenvalue weighted by Crippen LogP contribution is -2.63. The number of hydrogen-bond acceptors (Lipinski definition) is 21. The van der Waals surface area contributed by atoms with Crippen LogP contribution in [0.4, 0.5) is 0 Å². The van der Waals surface area contributed by atoms with Crippen molar-refractivity contribution in [3.63, 3.8) is 0 Å². The van der Waals surface area contributed by atoms with Crippen LogP contribution in [0.3, 0.4) is 0 Å². The van der Waals surface area contributed by atoms with Gasteiger partial charge in [0.1, 0.15) is 97.7 Å². The number of rotatable bonds is 10. The van der Waals surface area contributed by atoms with E-state index in [1.165, 1.54) is 0 Å². The summed E-state index contributed by atoms with van der Waals surface area (Å²) in [4.78, 5) is 0. The van der Waals surface area contributed by atoms with Crippen molar-refractivity contribution < 1.29 is 105 Å². The lowest BCUT2D eigenvalue weighted by molar-refractivity contribution is -0.346. The lowest BCUT2D eigenvalue weighted by atomic mass is 9.98. The summed E-state index contributed by atoms with van der Waals surface area (Å²) in [5, 5.41) is 141. The van der Waals surface area contributed by atoms with Gasteiger partial charge >= 0.3 is 0 Å². The zero-order valence-electron chi connectivity index (χ0n) is 23.5. The van der Waals surface area contributed by atoms with Gasteiger partial charge in [0.15, 0.2) is 25.2 Å². The normalized spacial score (nSPS) is 52.9. The third-order valence-electron chi connectivity index (χ3n) is 8.15. The predicted octanol–water partition coefficient (Wildman–Crippen LogP) is -9.75. The summed E-state index contributed by atoms with van der Waals surface area (Å²) in [6.45, 7) is -2.67. The molecule has 21 heteroatoms. The van der Waals surface area contributed by atoms with Gasteiger partial charge in [0, 0.05) is 0 Å². The summed E-state index contributed by atoms with van der Waals surface area (Å²) < 4.78 is 37.2. The maximum absolute atomic E-state index is 10.4. The Hall–Kier alpha value is -0.840. The second-order valence-corrected chi connectivity index (χ2v) is 11.3. The summed E-state index contributed by atoms with van der Waals surface area (Å²) in [6.07, 6.45) is -34.1. The molecular weight excluding hydrogens is 624 g/mol. The molecule has 0 aromatic carbocycles. The predicted molar refractivity (Wildman–Crippen MR) is 134 cm³/mol. The van der Waals surface area contributed by atoms with Gasteiger partial charge < -0.3 is 105 Å². The molecule has 45 heavy (non-hydrogen) atoms. The van der Waals surface area contributed by atoms with Crippen LogP contribution in [0.25, 0.3) is 0 Å². The molecule has 21 nitrogen and oxygen atoms in total. The van der Waals surface area contributed by atoms with E-state index in [4.69, 9.17) is 33.2 Å². The smallest absolute Gasteiger partial charge is 0.186 e. The lowest BCUT2D eigenvalue weighted by Gasteiger charge is -2.44. The Morgan fingerprint density at radius 2 is 0.622 bits per heavy atom. The molecule has 0 saturated carbocycles. The van der Waals surface area contributed by atoms with E-state index < -0.39 is 149 Å². The van der Waals surface area contributed by atoms with Crippen LogP contribution in [0.1, 0.15) is 0 Å². The van der Waals surface area contributed by atoms with E-state index in [-0.39, 0.29) is 0 Å². The van der Waals surface area contributed by atoms with Crippen LogP contribution in [0, 0.1) is 0 Å². The molecule has 0 aromatic heterocycles. The standard InChI is InChI=1S/C24H42O21/c25-1-5-9(26)14(31)18(35)22(43-5)40-3-7-11(28)16(33)20(37)24(45-7)41-4-8-12(29)15(32)19(36)23(44-8)39-2-6-10(27)13(30)17(34)21(38)42-6/h5-38H,1-4H2/t5-,6-,7-,8-,9+,10+,11+,12+,13+,14+,15+,16+,17-,18-,19-,20-,21?,22+,23+,24+/m1/s1. The van der Waals surface area contributed by atoms with Gasteiger partial charge in [-0.1, -0.05) is 0 Å².